The monoisotopic (exact) mass is 532 g/mol. The van der Waals surface area contributed by atoms with Crippen LogP contribution in [0.2, 0.25) is 0 Å². The third-order valence-electron chi connectivity index (χ3n) is 5.85. The highest BCUT2D eigenvalue weighted by atomic mass is 35.5. The van der Waals surface area contributed by atoms with Gasteiger partial charge in [0.05, 0.1) is 6.61 Å². The fraction of sp³-hybridized carbons (Fsp3) is 0.161. The van der Waals surface area contributed by atoms with Gasteiger partial charge in [-0.2, -0.15) is 0 Å². The van der Waals surface area contributed by atoms with E-state index in [4.69, 9.17) is 20.9 Å². The van der Waals surface area contributed by atoms with Crippen molar-refractivity contribution in [2.45, 2.75) is 12.8 Å². The topological polar surface area (TPSA) is 55.8 Å². The van der Waals surface area contributed by atoms with E-state index in [2.05, 4.69) is 48.5 Å². The summed E-state index contributed by atoms with van der Waals surface area (Å²) in [5, 5.41) is 0. The van der Waals surface area contributed by atoms with Crippen LogP contribution in [0.15, 0.2) is 115 Å². The van der Waals surface area contributed by atoms with Crippen LogP contribution in [0.1, 0.15) is 28.7 Å². The smallest absolute Gasteiger partial charge is 0.402 e. The normalized spacial score (nSPS) is 13.5. The number of benzene rings is 4. The number of hydrogen-bond acceptors (Lipinski definition) is 3. The highest BCUT2D eigenvalue weighted by molar-refractivity contribution is 7.53. The summed E-state index contributed by atoms with van der Waals surface area (Å²) < 4.78 is 23.0. The van der Waals surface area contributed by atoms with E-state index in [9.17, 15) is 9.46 Å². The molecule has 1 N–H and O–H groups in total. The molecule has 1 unspecified atom stereocenters. The van der Waals surface area contributed by atoms with E-state index in [1.807, 2.05) is 42.5 Å². The van der Waals surface area contributed by atoms with Gasteiger partial charge in [-0.05, 0) is 58.4 Å². The Balaban J connectivity index is 1.47. The lowest BCUT2D eigenvalue weighted by atomic mass is 9.88. The standard InChI is InChI=1S/C31H30ClO4P/c32-22-20-30(26-10-4-1-5-11-26)31(27-12-6-2-7-13-27)28-18-16-25(17-19-28)21-23-35-24-37(33,34)36-29-14-8-3-9-15-29/h1-19H,20-24H2,(H,33,34)/b31-30-. The maximum absolute atomic E-state index is 12.3. The zero-order chi connectivity index (χ0) is 25.9. The van der Waals surface area contributed by atoms with Crippen molar-refractivity contribution in [1.82, 2.24) is 0 Å². The molecule has 190 valence electrons. The lowest BCUT2D eigenvalue weighted by Gasteiger charge is -2.17. The van der Waals surface area contributed by atoms with Gasteiger partial charge in [0.15, 0.2) is 6.35 Å². The van der Waals surface area contributed by atoms with Crippen LogP contribution in [0.5, 0.6) is 5.75 Å². The van der Waals surface area contributed by atoms with Crippen molar-refractivity contribution in [3.05, 3.63) is 138 Å². The molecule has 0 aliphatic heterocycles. The molecule has 4 rings (SSSR count). The van der Waals surface area contributed by atoms with Gasteiger partial charge in [0.1, 0.15) is 5.75 Å². The van der Waals surface area contributed by atoms with E-state index in [1.54, 1.807) is 24.3 Å². The summed E-state index contributed by atoms with van der Waals surface area (Å²) in [4.78, 5) is 10.1. The van der Waals surface area contributed by atoms with Gasteiger partial charge < -0.3 is 14.2 Å². The predicted molar refractivity (Wildman–Crippen MR) is 152 cm³/mol. The van der Waals surface area contributed by atoms with Gasteiger partial charge in [-0.25, -0.2) is 4.57 Å². The number of rotatable bonds is 12. The zero-order valence-electron chi connectivity index (χ0n) is 20.5. The van der Waals surface area contributed by atoms with Gasteiger partial charge in [0.2, 0.25) is 0 Å². The third kappa shape index (κ3) is 7.92. The Morgan fingerprint density at radius 2 is 1.27 bits per heavy atom. The second-order valence-electron chi connectivity index (χ2n) is 8.55. The van der Waals surface area contributed by atoms with Gasteiger partial charge in [-0.1, -0.05) is 103 Å². The molecule has 0 radical (unpaired) electrons. The van der Waals surface area contributed by atoms with Crippen molar-refractivity contribution < 1.29 is 18.7 Å². The van der Waals surface area contributed by atoms with E-state index in [0.717, 1.165) is 34.2 Å². The minimum absolute atomic E-state index is 0.310. The highest BCUT2D eigenvalue weighted by Gasteiger charge is 2.21. The molecular weight excluding hydrogens is 503 g/mol. The van der Waals surface area contributed by atoms with Gasteiger partial charge >= 0.3 is 7.60 Å². The molecule has 0 aromatic heterocycles. The highest BCUT2D eigenvalue weighted by Crippen LogP contribution is 2.42. The number of hydrogen-bond donors (Lipinski definition) is 1. The minimum atomic E-state index is -3.88. The first kappa shape index (κ1) is 26.9. The van der Waals surface area contributed by atoms with Crippen LogP contribution in [-0.4, -0.2) is 23.7 Å². The van der Waals surface area contributed by atoms with Crippen LogP contribution in [0.3, 0.4) is 0 Å². The summed E-state index contributed by atoms with van der Waals surface area (Å²) >= 11 is 6.24. The Hall–Kier alpha value is -3.14. The van der Waals surface area contributed by atoms with Crippen molar-refractivity contribution in [3.63, 3.8) is 0 Å². The average Bonchev–Trinajstić information content (AvgIpc) is 2.93. The van der Waals surface area contributed by atoms with Crippen LogP contribution in [0.4, 0.5) is 0 Å². The fourth-order valence-electron chi connectivity index (χ4n) is 4.15. The van der Waals surface area contributed by atoms with Crippen molar-refractivity contribution in [1.29, 1.82) is 0 Å². The van der Waals surface area contributed by atoms with Crippen LogP contribution >= 0.6 is 19.2 Å². The maximum atomic E-state index is 12.3. The minimum Gasteiger partial charge on any atom is -0.423 e. The maximum Gasteiger partial charge on any atom is 0.402 e. The molecule has 4 aromatic carbocycles. The van der Waals surface area contributed by atoms with Gasteiger partial charge in [-0.3, -0.25) is 0 Å². The Labute approximate surface area is 223 Å². The molecule has 0 saturated carbocycles. The third-order valence-corrected chi connectivity index (χ3v) is 7.05. The van der Waals surface area contributed by atoms with E-state index in [1.165, 1.54) is 5.57 Å². The number of para-hydroxylation sites is 1. The van der Waals surface area contributed by atoms with E-state index in [0.29, 0.717) is 24.7 Å². The fourth-order valence-corrected chi connectivity index (χ4v) is 5.20. The SMILES string of the molecule is O=P(O)(COCCc1ccc(/C(=C(/CCCl)c2ccccc2)c2ccccc2)cc1)Oc1ccccc1. The number of halogens is 1. The first-order valence-corrected chi connectivity index (χ1v) is 14.5. The number of alkyl halides is 1. The average molecular weight is 533 g/mol. The van der Waals surface area contributed by atoms with E-state index < -0.39 is 7.60 Å². The van der Waals surface area contributed by atoms with E-state index >= 15 is 0 Å². The summed E-state index contributed by atoms with van der Waals surface area (Å²) in [6.07, 6.45) is 1.00. The van der Waals surface area contributed by atoms with Crippen LogP contribution < -0.4 is 4.52 Å². The zero-order valence-corrected chi connectivity index (χ0v) is 22.2. The quantitative estimate of drug-likeness (QED) is 0.0867. The molecule has 4 aromatic rings. The van der Waals surface area contributed by atoms with Crippen molar-refractivity contribution >= 4 is 30.3 Å². The molecule has 1 atom stereocenters. The van der Waals surface area contributed by atoms with Crippen molar-refractivity contribution in [3.8, 4) is 5.75 Å². The van der Waals surface area contributed by atoms with Crippen LogP contribution in [0.25, 0.3) is 11.1 Å². The summed E-state index contributed by atoms with van der Waals surface area (Å²) in [5.41, 5.74) is 6.84. The largest absolute Gasteiger partial charge is 0.423 e. The Morgan fingerprint density at radius 3 is 1.86 bits per heavy atom. The second-order valence-corrected chi connectivity index (χ2v) is 10.6. The van der Waals surface area contributed by atoms with Gasteiger partial charge in [-0.15, -0.1) is 11.6 Å². The van der Waals surface area contributed by atoms with Gasteiger partial charge in [0, 0.05) is 5.88 Å². The molecule has 0 aliphatic carbocycles. The Morgan fingerprint density at radius 1 is 0.730 bits per heavy atom. The summed E-state index contributed by atoms with van der Waals surface area (Å²) in [7, 11) is -3.88. The summed E-state index contributed by atoms with van der Waals surface area (Å²) in [6.45, 7) is 0.310. The first-order chi connectivity index (χ1) is 18.1. The van der Waals surface area contributed by atoms with Crippen LogP contribution in [0, 0.1) is 0 Å². The molecule has 0 fully saturated rings. The molecular formula is C31H30ClO4P. The van der Waals surface area contributed by atoms with E-state index in [-0.39, 0.29) is 6.35 Å². The molecule has 0 saturated heterocycles. The molecule has 4 nitrogen and oxygen atoms in total. The van der Waals surface area contributed by atoms with Gasteiger partial charge in [0.25, 0.3) is 0 Å². The van der Waals surface area contributed by atoms with Crippen molar-refractivity contribution in [2.75, 3.05) is 18.8 Å². The molecule has 0 amide bonds. The molecule has 0 heterocycles. The number of allylic oxidation sites excluding steroid dienone is 1. The Kier molecular flexibility index (Phi) is 9.76. The Bertz CT molecular complexity index is 1320. The molecule has 37 heavy (non-hydrogen) atoms. The second kappa shape index (κ2) is 13.4. The predicted octanol–water partition coefficient (Wildman–Crippen LogP) is 8.06. The molecule has 0 bridgehead atoms. The first-order valence-electron chi connectivity index (χ1n) is 12.2. The molecule has 0 aliphatic rings. The number of ether oxygens (including phenoxy) is 1. The lowest BCUT2D eigenvalue weighted by molar-refractivity contribution is 0.161. The summed E-state index contributed by atoms with van der Waals surface area (Å²) in [6, 6.07) is 37.7. The van der Waals surface area contributed by atoms with Crippen LogP contribution in [-0.2, 0) is 15.7 Å². The molecule has 6 heteroatoms. The molecule has 0 spiro atoms. The van der Waals surface area contributed by atoms with Crippen molar-refractivity contribution in [2.24, 2.45) is 0 Å². The summed E-state index contributed by atoms with van der Waals surface area (Å²) in [5.74, 6) is 0.873. The lowest BCUT2D eigenvalue weighted by Crippen LogP contribution is -2.04.